The number of aromatic nitrogens is 3. The third-order valence-corrected chi connectivity index (χ3v) is 0.756. The predicted octanol–water partition coefficient (Wildman–Crippen LogP) is -2.18. The molecule has 0 bridgehead atoms. The van der Waals surface area contributed by atoms with Crippen LogP contribution in [0.2, 0.25) is 0 Å². The topological polar surface area (TPSA) is 95.7 Å². The first kappa shape index (κ1) is 6.40. The minimum absolute atomic E-state index is 0.705. The molecule has 1 rings (SSSR count). The zero-order chi connectivity index (χ0) is 7.56. The highest BCUT2D eigenvalue weighted by Gasteiger charge is 1.83. The summed E-state index contributed by atoms with van der Waals surface area (Å²) in [5.74, 6) is 0. The van der Waals surface area contributed by atoms with Gasteiger partial charge >= 0.3 is 11.4 Å². The van der Waals surface area contributed by atoms with Crippen molar-refractivity contribution in [3.63, 3.8) is 0 Å². The van der Waals surface area contributed by atoms with Crippen LogP contribution in [0.5, 0.6) is 0 Å². The molecule has 0 saturated heterocycles. The summed E-state index contributed by atoms with van der Waals surface area (Å²) in [6.07, 6.45) is 0.736. The molecule has 0 aliphatic heterocycles. The lowest BCUT2D eigenvalue weighted by atomic mass is 10.9. The monoisotopic (exact) mass is 141 g/mol. The van der Waals surface area contributed by atoms with Gasteiger partial charge in [0.1, 0.15) is 0 Å². The molecule has 6 heteroatoms. The van der Waals surface area contributed by atoms with E-state index in [1.165, 1.54) is 0 Å². The average Bonchev–Trinajstić information content (AvgIpc) is 1.93. The average molecular weight is 141 g/mol. The minimum atomic E-state index is -0.854. The normalized spacial score (nSPS) is 9.20. The van der Waals surface area contributed by atoms with E-state index in [0.717, 1.165) is 6.20 Å². The molecule has 1 aromatic heterocycles. The molecule has 0 atom stereocenters. The Morgan fingerprint density at radius 1 is 1.20 bits per heavy atom. The van der Waals surface area contributed by atoms with E-state index in [1.807, 2.05) is 4.98 Å². The molecule has 0 amide bonds. The Morgan fingerprint density at radius 2 is 1.90 bits per heavy atom. The van der Waals surface area contributed by atoms with Crippen LogP contribution in [-0.2, 0) is 0 Å². The van der Waals surface area contributed by atoms with Crippen molar-refractivity contribution in [3.8, 4) is 0 Å². The fourth-order valence-electron chi connectivity index (χ4n) is 0.422. The zero-order valence-electron chi connectivity index (χ0n) is 4.75. The van der Waals surface area contributed by atoms with Gasteiger partial charge in [0.25, 0.3) is 5.56 Å². The maximum atomic E-state index is 10.4. The molecule has 52 valence electrons. The standard InChI is InChI=1S/C4H3N3O3/c8-2-1-5-3(9)7-4(10)6-2/h1H,(H2,6,7,8,9,10). The van der Waals surface area contributed by atoms with Gasteiger partial charge in [0.2, 0.25) is 0 Å². The third kappa shape index (κ3) is 1.38. The van der Waals surface area contributed by atoms with Crippen molar-refractivity contribution in [2.45, 2.75) is 0 Å². The van der Waals surface area contributed by atoms with Crippen LogP contribution in [0.15, 0.2) is 20.6 Å². The summed E-state index contributed by atoms with van der Waals surface area (Å²) in [4.78, 5) is 37.7. The maximum absolute atomic E-state index is 10.4. The van der Waals surface area contributed by atoms with Crippen molar-refractivity contribution in [1.82, 2.24) is 15.0 Å². The Hall–Kier alpha value is -1.72. The lowest BCUT2D eigenvalue weighted by molar-refractivity contribution is 1.04. The Kier molecular flexibility index (Phi) is 1.44. The maximum Gasteiger partial charge on any atom is 0.349 e. The van der Waals surface area contributed by atoms with Crippen LogP contribution in [0, 0.1) is 0 Å². The first-order chi connectivity index (χ1) is 4.68. The van der Waals surface area contributed by atoms with Crippen LogP contribution >= 0.6 is 0 Å². The van der Waals surface area contributed by atoms with Crippen molar-refractivity contribution in [1.29, 1.82) is 0 Å². The molecule has 1 aromatic rings. The van der Waals surface area contributed by atoms with E-state index >= 15 is 0 Å². The predicted molar refractivity (Wildman–Crippen MR) is 31.7 cm³/mol. The van der Waals surface area contributed by atoms with Crippen molar-refractivity contribution in [2.24, 2.45) is 0 Å². The molecule has 2 N–H and O–H groups in total. The first-order valence-corrected chi connectivity index (χ1v) is 2.38. The van der Waals surface area contributed by atoms with Gasteiger partial charge in [0.05, 0.1) is 6.20 Å². The number of nitrogens with zero attached hydrogens (tertiary/aromatic N) is 1. The highest BCUT2D eigenvalue weighted by atomic mass is 16.2. The number of hydrogen-bond acceptors (Lipinski definition) is 4. The third-order valence-electron chi connectivity index (χ3n) is 0.756. The Balaban J connectivity index is 3.75. The lowest BCUT2D eigenvalue weighted by Crippen LogP contribution is -2.19. The van der Waals surface area contributed by atoms with Gasteiger partial charge in [-0.1, -0.05) is 0 Å². The Bertz CT molecular complexity index is 354. The molecule has 0 unspecified atom stereocenters. The molecule has 0 saturated carbocycles. The van der Waals surface area contributed by atoms with Crippen LogP contribution in [0.25, 0.3) is 0 Å². The molecule has 0 spiro atoms. The highest BCUT2D eigenvalue weighted by molar-refractivity contribution is 4.68. The molecular weight excluding hydrogens is 138 g/mol. The summed E-state index contributed by atoms with van der Waals surface area (Å²) in [5.41, 5.74) is -2.40. The van der Waals surface area contributed by atoms with Crippen molar-refractivity contribution in [2.75, 3.05) is 0 Å². The van der Waals surface area contributed by atoms with Gasteiger partial charge in [-0.05, 0) is 0 Å². The van der Waals surface area contributed by atoms with E-state index in [4.69, 9.17) is 0 Å². The number of rotatable bonds is 0. The summed E-state index contributed by atoms with van der Waals surface area (Å²) < 4.78 is 0. The summed E-state index contributed by atoms with van der Waals surface area (Å²) in [6.45, 7) is 0. The number of aromatic amines is 2. The Morgan fingerprint density at radius 3 is 2.60 bits per heavy atom. The van der Waals surface area contributed by atoms with Crippen molar-refractivity contribution < 1.29 is 0 Å². The summed E-state index contributed by atoms with van der Waals surface area (Å²) >= 11 is 0. The second-order valence-electron chi connectivity index (χ2n) is 1.51. The molecule has 1 heterocycles. The molecule has 0 aliphatic carbocycles. The molecule has 10 heavy (non-hydrogen) atoms. The Labute approximate surface area is 53.6 Å². The van der Waals surface area contributed by atoms with Gasteiger partial charge in [-0.25, -0.2) is 9.59 Å². The number of nitrogens with one attached hydrogen (secondary N) is 2. The molecule has 0 aromatic carbocycles. The fraction of sp³-hybridized carbons (Fsp3) is 0. The van der Waals surface area contributed by atoms with Gasteiger partial charge in [-0.3, -0.25) is 14.8 Å². The second-order valence-corrected chi connectivity index (χ2v) is 1.51. The van der Waals surface area contributed by atoms with Gasteiger partial charge in [0, 0.05) is 0 Å². The fourth-order valence-corrected chi connectivity index (χ4v) is 0.422. The van der Waals surface area contributed by atoms with Crippen molar-refractivity contribution in [3.05, 3.63) is 37.5 Å². The largest absolute Gasteiger partial charge is 0.349 e. The molecule has 0 fully saturated rings. The second kappa shape index (κ2) is 2.26. The van der Waals surface area contributed by atoms with E-state index in [-0.39, 0.29) is 0 Å². The van der Waals surface area contributed by atoms with E-state index in [1.54, 1.807) is 4.98 Å². The van der Waals surface area contributed by atoms with Gasteiger partial charge < -0.3 is 0 Å². The van der Waals surface area contributed by atoms with Gasteiger partial charge in [0.15, 0.2) is 0 Å². The number of H-pyrrole nitrogens is 2. The lowest BCUT2D eigenvalue weighted by Gasteiger charge is -1.62. The smallest absolute Gasteiger partial charge is 0.273 e. The summed E-state index contributed by atoms with van der Waals surface area (Å²) in [5, 5.41) is 0. The molecule has 0 radical (unpaired) electrons. The van der Waals surface area contributed by atoms with E-state index in [2.05, 4.69) is 4.98 Å². The zero-order valence-corrected chi connectivity index (χ0v) is 4.75. The van der Waals surface area contributed by atoms with E-state index in [9.17, 15) is 14.4 Å². The van der Waals surface area contributed by atoms with E-state index < -0.39 is 16.9 Å². The highest BCUT2D eigenvalue weighted by Crippen LogP contribution is 1.39. The van der Waals surface area contributed by atoms with Crippen LogP contribution in [-0.4, -0.2) is 15.0 Å². The SMILES string of the molecule is O=c1cnc(=O)[nH]c(=O)[nH]1. The van der Waals surface area contributed by atoms with Gasteiger partial charge in [-0.15, -0.1) is 0 Å². The first-order valence-electron chi connectivity index (χ1n) is 2.38. The van der Waals surface area contributed by atoms with E-state index in [0.29, 0.717) is 0 Å². The quantitative estimate of drug-likeness (QED) is 0.429. The van der Waals surface area contributed by atoms with Crippen LogP contribution in [0.4, 0.5) is 0 Å². The summed E-state index contributed by atoms with van der Waals surface area (Å²) in [6, 6.07) is 0. The van der Waals surface area contributed by atoms with Crippen LogP contribution in [0.3, 0.4) is 0 Å². The molecule has 6 nitrogen and oxygen atoms in total. The molecular formula is C4H3N3O3. The number of hydrogen-bond donors (Lipinski definition) is 2. The molecule has 0 aliphatic rings. The van der Waals surface area contributed by atoms with Crippen LogP contribution < -0.4 is 16.9 Å². The minimum Gasteiger partial charge on any atom is -0.273 e. The van der Waals surface area contributed by atoms with Crippen LogP contribution in [0.1, 0.15) is 0 Å². The van der Waals surface area contributed by atoms with Gasteiger partial charge in [-0.2, -0.15) is 4.98 Å². The summed E-state index contributed by atoms with van der Waals surface area (Å²) in [7, 11) is 0. The van der Waals surface area contributed by atoms with Crippen molar-refractivity contribution >= 4 is 0 Å².